The minimum Gasteiger partial charge on any atom is -0.454 e. The first-order valence-corrected chi connectivity index (χ1v) is 5.16. The normalized spacial score (nSPS) is 12.8. The molecule has 5 heteroatoms. The summed E-state index contributed by atoms with van der Waals surface area (Å²) < 4.78 is 12.2. The van der Waals surface area contributed by atoms with Gasteiger partial charge in [0, 0.05) is 24.4 Å². The number of aromatic nitrogens is 2. The van der Waals surface area contributed by atoms with Gasteiger partial charge >= 0.3 is 0 Å². The molecule has 2 aromatic rings. The van der Waals surface area contributed by atoms with Gasteiger partial charge in [-0.2, -0.15) is 5.10 Å². The van der Waals surface area contributed by atoms with E-state index in [1.165, 1.54) is 0 Å². The highest BCUT2D eigenvalue weighted by Crippen LogP contribution is 2.37. The van der Waals surface area contributed by atoms with Crippen LogP contribution in [0, 0.1) is 0 Å². The summed E-state index contributed by atoms with van der Waals surface area (Å²) in [7, 11) is 1.83. The summed E-state index contributed by atoms with van der Waals surface area (Å²) in [6.07, 6.45) is 4.37. The van der Waals surface area contributed by atoms with E-state index in [4.69, 9.17) is 9.47 Å². The number of carbonyl (C=O) groups excluding carboxylic acids is 1. The maximum Gasteiger partial charge on any atom is 0.231 e. The second-order valence-electron chi connectivity index (χ2n) is 3.81. The lowest BCUT2D eigenvalue weighted by molar-refractivity contribution is 0.112. The predicted octanol–water partition coefficient (Wildman–Crippen LogP) is 1.63. The van der Waals surface area contributed by atoms with Gasteiger partial charge < -0.3 is 9.47 Å². The van der Waals surface area contributed by atoms with E-state index in [2.05, 4.69) is 5.10 Å². The summed E-state index contributed by atoms with van der Waals surface area (Å²) in [5, 5.41) is 4.09. The van der Waals surface area contributed by atoms with Gasteiger partial charge in [-0.15, -0.1) is 0 Å². The molecule has 0 spiro atoms. The topological polar surface area (TPSA) is 53.4 Å². The van der Waals surface area contributed by atoms with E-state index >= 15 is 0 Å². The van der Waals surface area contributed by atoms with Crippen molar-refractivity contribution < 1.29 is 14.3 Å². The van der Waals surface area contributed by atoms with E-state index in [1.54, 1.807) is 16.9 Å². The van der Waals surface area contributed by atoms with E-state index < -0.39 is 0 Å². The van der Waals surface area contributed by atoms with Crippen LogP contribution in [0.15, 0.2) is 24.5 Å². The van der Waals surface area contributed by atoms with Crippen molar-refractivity contribution >= 4 is 6.29 Å². The lowest BCUT2D eigenvalue weighted by Gasteiger charge is -2.04. The lowest BCUT2D eigenvalue weighted by atomic mass is 10.0. The molecule has 5 nitrogen and oxygen atoms in total. The number of hydrogen-bond acceptors (Lipinski definition) is 4. The largest absolute Gasteiger partial charge is 0.454 e. The molecule has 2 heterocycles. The molecule has 1 aromatic heterocycles. The molecule has 0 atom stereocenters. The number of rotatable bonds is 2. The molecule has 0 saturated heterocycles. The van der Waals surface area contributed by atoms with Crippen LogP contribution in [0.5, 0.6) is 11.5 Å². The summed E-state index contributed by atoms with van der Waals surface area (Å²) in [6, 6.07) is 3.50. The number of fused-ring (bicyclic) bond motifs is 1. The molecular weight excluding hydrogens is 220 g/mol. The first-order chi connectivity index (χ1) is 8.28. The Balaban J connectivity index is 2.18. The molecule has 3 rings (SSSR count). The summed E-state index contributed by atoms with van der Waals surface area (Å²) in [5.74, 6) is 1.27. The van der Waals surface area contributed by atoms with Crippen molar-refractivity contribution in [1.82, 2.24) is 9.78 Å². The van der Waals surface area contributed by atoms with Crippen LogP contribution in [0.2, 0.25) is 0 Å². The number of hydrogen-bond donors (Lipinski definition) is 0. The second-order valence-corrected chi connectivity index (χ2v) is 3.81. The molecule has 1 aliphatic heterocycles. The van der Waals surface area contributed by atoms with E-state index in [1.807, 2.05) is 19.3 Å². The van der Waals surface area contributed by atoms with Crippen LogP contribution in [-0.2, 0) is 7.05 Å². The second kappa shape index (κ2) is 3.62. The molecule has 0 amide bonds. The van der Waals surface area contributed by atoms with E-state index in [0.717, 1.165) is 17.4 Å². The Morgan fingerprint density at radius 2 is 2.12 bits per heavy atom. The van der Waals surface area contributed by atoms with Crippen molar-refractivity contribution in [1.29, 1.82) is 0 Å². The number of ether oxygens (including phenoxy) is 2. The number of carbonyl (C=O) groups is 1. The minimum atomic E-state index is 0.199. The molecule has 0 N–H and O–H groups in total. The van der Waals surface area contributed by atoms with Gasteiger partial charge in [0.15, 0.2) is 17.8 Å². The quantitative estimate of drug-likeness (QED) is 0.736. The molecule has 0 aliphatic carbocycles. The highest BCUT2D eigenvalue weighted by Gasteiger charge is 2.18. The summed E-state index contributed by atoms with van der Waals surface area (Å²) in [4.78, 5) is 11.1. The maximum absolute atomic E-state index is 11.1. The molecule has 86 valence electrons. The lowest BCUT2D eigenvalue weighted by Crippen LogP contribution is -1.92. The fraction of sp³-hybridized carbons (Fsp3) is 0.167. The van der Waals surface area contributed by atoms with Crippen LogP contribution in [-0.4, -0.2) is 22.9 Å². The van der Waals surface area contributed by atoms with E-state index in [-0.39, 0.29) is 6.79 Å². The summed E-state index contributed by atoms with van der Waals surface area (Å²) in [5.41, 5.74) is 2.26. The Morgan fingerprint density at radius 1 is 1.35 bits per heavy atom. The third-order valence-electron chi connectivity index (χ3n) is 2.69. The van der Waals surface area contributed by atoms with Crippen molar-refractivity contribution in [3.8, 4) is 22.6 Å². The fourth-order valence-corrected chi connectivity index (χ4v) is 1.87. The van der Waals surface area contributed by atoms with Crippen LogP contribution < -0.4 is 9.47 Å². The van der Waals surface area contributed by atoms with Gasteiger partial charge in [0.2, 0.25) is 6.79 Å². The zero-order chi connectivity index (χ0) is 11.8. The van der Waals surface area contributed by atoms with Crippen LogP contribution in [0.1, 0.15) is 10.4 Å². The molecule has 0 saturated carbocycles. The van der Waals surface area contributed by atoms with Crippen LogP contribution in [0.25, 0.3) is 11.1 Å². The molecule has 1 aromatic carbocycles. The number of benzene rings is 1. The smallest absolute Gasteiger partial charge is 0.231 e. The van der Waals surface area contributed by atoms with Gasteiger partial charge in [0.1, 0.15) is 0 Å². The van der Waals surface area contributed by atoms with Crippen LogP contribution in [0.4, 0.5) is 0 Å². The van der Waals surface area contributed by atoms with Gasteiger partial charge in [-0.1, -0.05) is 0 Å². The van der Waals surface area contributed by atoms with Crippen molar-refractivity contribution in [2.75, 3.05) is 6.79 Å². The average Bonchev–Trinajstić information content (AvgIpc) is 2.94. The standard InChI is InChI=1S/C12H10N2O3/c1-14-5-9(4-13-14)10-3-12-11(16-7-17-12)2-8(10)6-15/h2-6H,7H2,1H3. The SMILES string of the molecule is Cn1cc(-c2cc3c(cc2C=O)OCO3)cn1. The van der Waals surface area contributed by atoms with Crippen LogP contribution >= 0.6 is 0 Å². The van der Waals surface area contributed by atoms with Gasteiger partial charge in [-0.3, -0.25) is 9.48 Å². The van der Waals surface area contributed by atoms with Gasteiger partial charge in [-0.05, 0) is 17.7 Å². The zero-order valence-corrected chi connectivity index (χ0v) is 9.21. The Bertz CT molecular complexity index is 589. The Hall–Kier alpha value is -2.30. The number of nitrogens with zero attached hydrogens (tertiary/aromatic N) is 2. The van der Waals surface area contributed by atoms with E-state index in [0.29, 0.717) is 17.1 Å². The monoisotopic (exact) mass is 230 g/mol. The number of aryl methyl sites for hydroxylation is 1. The molecule has 1 aliphatic rings. The Kier molecular flexibility index (Phi) is 2.11. The third kappa shape index (κ3) is 1.56. The molecular formula is C12H10N2O3. The van der Waals surface area contributed by atoms with Crippen molar-refractivity contribution in [3.63, 3.8) is 0 Å². The average molecular weight is 230 g/mol. The van der Waals surface area contributed by atoms with Crippen LogP contribution in [0.3, 0.4) is 0 Å². The summed E-state index contributed by atoms with van der Waals surface area (Å²) in [6.45, 7) is 0.199. The molecule has 17 heavy (non-hydrogen) atoms. The Morgan fingerprint density at radius 3 is 2.76 bits per heavy atom. The maximum atomic E-state index is 11.1. The Labute approximate surface area is 97.6 Å². The molecule has 0 fully saturated rings. The van der Waals surface area contributed by atoms with Gasteiger partial charge in [-0.25, -0.2) is 0 Å². The predicted molar refractivity (Wildman–Crippen MR) is 60.2 cm³/mol. The molecule has 0 radical (unpaired) electrons. The molecule has 0 bridgehead atoms. The first kappa shape index (κ1) is 9.89. The van der Waals surface area contributed by atoms with Crippen molar-refractivity contribution in [3.05, 3.63) is 30.1 Å². The highest BCUT2D eigenvalue weighted by atomic mass is 16.7. The third-order valence-corrected chi connectivity index (χ3v) is 2.69. The first-order valence-electron chi connectivity index (χ1n) is 5.16. The van der Waals surface area contributed by atoms with Crippen molar-refractivity contribution in [2.24, 2.45) is 7.05 Å². The van der Waals surface area contributed by atoms with E-state index in [9.17, 15) is 4.79 Å². The van der Waals surface area contributed by atoms with Crippen molar-refractivity contribution in [2.45, 2.75) is 0 Å². The van der Waals surface area contributed by atoms with Gasteiger partial charge in [0.25, 0.3) is 0 Å². The highest BCUT2D eigenvalue weighted by molar-refractivity contribution is 5.89. The fourth-order valence-electron chi connectivity index (χ4n) is 1.87. The number of aldehydes is 1. The molecule has 0 unspecified atom stereocenters. The summed E-state index contributed by atoms with van der Waals surface area (Å²) >= 11 is 0. The minimum absolute atomic E-state index is 0.199. The van der Waals surface area contributed by atoms with Gasteiger partial charge in [0.05, 0.1) is 6.20 Å². The zero-order valence-electron chi connectivity index (χ0n) is 9.21.